The molecule has 0 saturated carbocycles. The zero-order valence-electron chi connectivity index (χ0n) is 11.3. The molecule has 0 bridgehead atoms. The Bertz CT molecular complexity index is 707. The van der Waals surface area contributed by atoms with E-state index in [-0.39, 0.29) is 28.4 Å². The zero-order chi connectivity index (χ0) is 15.4. The largest absolute Gasteiger partial charge is 0.397 e. The second kappa shape index (κ2) is 6.25. The van der Waals surface area contributed by atoms with Gasteiger partial charge in [-0.1, -0.05) is 23.7 Å². The maximum Gasteiger partial charge on any atom is 0.254 e. The second-order valence-corrected chi connectivity index (χ2v) is 4.91. The molecule has 1 heterocycles. The molecule has 1 atom stereocenters. The minimum Gasteiger partial charge on any atom is -0.397 e. The number of nitriles is 1. The van der Waals surface area contributed by atoms with Crippen molar-refractivity contribution in [2.75, 3.05) is 5.73 Å². The van der Waals surface area contributed by atoms with Crippen LogP contribution in [-0.4, -0.2) is 10.9 Å². The molecule has 0 aliphatic heterocycles. The van der Waals surface area contributed by atoms with Gasteiger partial charge in [-0.15, -0.1) is 0 Å². The monoisotopic (exact) mass is 300 g/mol. The number of nitrogens with zero attached hydrogens (tertiary/aromatic N) is 2. The first-order valence-corrected chi connectivity index (χ1v) is 6.61. The fourth-order valence-corrected chi connectivity index (χ4v) is 2.00. The van der Waals surface area contributed by atoms with E-state index in [1.807, 2.05) is 13.0 Å². The van der Waals surface area contributed by atoms with Gasteiger partial charge in [0.25, 0.3) is 5.91 Å². The number of halogens is 1. The van der Waals surface area contributed by atoms with Gasteiger partial charge in [-0.25, -0.2) is 4.98 Å². The van der Waals surface area contributed by atoms with Crippen molar-refractivity contribution in [2.45, 2.75) is 13.0 Å². The Morgan fingerprint density at radius 2 is 2.10 bits per heavy atom. The van der Waals surface area contributed by atoms with Gasteiger partial charge >= 0.3 is 0 Å². The Morgan fingerprint density at radius 3 is 2.71 bits per heavy atom. The van der Waals surface area contributed by atoms with E-state index in [1.54, 1.807) is 24.3 Å². The van der Waals surface area contributed by atoms with Gasteiger partial charge in [0, 0.05) is 0 Å². The maximum atomic E-state index is 12.2. The van der Waals surface area contributed by atoms with Crippen LogP contribution in [0, 0.1) is 11.3 Å². The number of amides is 1. The average molecular weight is 301 g/mol. The van der Waals surface area contributed by atoms with Crippen LogP contribution < -0.4 is 11.1 Å². The molecule has 5 nitrogen and oxygen atoms in total. The van der Waals surface area contributed by atoms with E-state index >= 15 is 0 Å². The Hall–Kier alpha value is -2.58. The third-order valence-electron chi connectivity index (χ3n) is 3.03. The van der Waals surface area contributed by atoms with Gasteiger partial charge in [-0.2, -0.15) is 5.26 Å². The van der Waals surface area contributed by atoms with Crippen LogP contribution in [0.1, 0.15) is 34.5 Å². The molecule has 1 aromatic heterocycles. The molecule has 1 aromatic carbocycles. The topological polar surface area (TPSA) is 91.8 Å². The number of aromatic nitrogens is 1. The number of nitrogens with two attached hydrogens (primary N) is 1. The molecule has 1 unspecified atom stereocenters. The number of rotatable bonds is 3. The van der Waals surface area contributed by atoms with Crippen LogP contribution in [0.2, 0.25) is 5.15 Å². The van der Waals surface area contributed by atoms with Crippen molar-refractivity contribution in [1.29, 1.82) is 5.26 Å². The van der Waals surface area contributed by atoms with Crippen LogP contribution >= 0.6 is 11.6 Å². The second-order valence-electron chi connectivity index (χ2n) is 4.52. The highest BCUT2D eigenvalue weighted by Gasteiger charge is 2.14. The van der Waals surface area contributed by atoms with E-state index < -0.39 is 0 Å². The average Bonchev–Trinajstić information content (AvgIpc) is 2.49. The van der Waals surface area contributed by atoms with Gasteiger partial charge in [0.05, 0.1) is 35.1 Å². The van der Waals surface area contributed by atoms with Crippen LogP contribution in [0.15, 0.2) is 36.5 Å². The summed E-state index contributed by atoms with van der Waals surface area (Å²) in [6.07, 6.45) is 1.35. The first-order chi connectivity index (χ1) is 10.0. The predicted octanol–water partition coefficient (Wildman–Crippen LogP) is 2.68. The number of pyridine rings is 1. The highest BCUT2D eigenvalue weighted by molar-refractivity contribution is 6.29. The summed E-state index contributed by atoms with van der Waals surface area (Å²) >= 11 is 5.77. The number of nitrogen functional groups attached to an aromatic ring is 1. The number of nitrogens with one attached hydrogen (secondary N) is 1. The van der Waals surface area contributed by atoms with Crippen molar-refractivity contribution in [3.05, 3.63) is 58.4 Å². The number of hydrogen-bond donors (Lipinski definition) is 2. The van der Waals surface area contributed by atoms with Crippen LogP contribution in [0.25, 0.3) is 0 Å². The summed E-state index contributed by atoms with van der Waals surface area (Å²) in [6.45, 7) is 1.85. The lowest BCUT2D eigenvalue weighted by molar-refractivity contribution is 0.0940. The van der Waals surface area contributed by atoms with E-state index in [4.69, 9.17) is 22.6 Å². The lowest BCUT2D eigenvalue weighted by atomic mass is 10.1. The third-order valence-corrected chi connectivity index (χ3v) is 3.24. The van der Waals surface area contributed by atoms with E-state index in [2.05, 4.69) is 10.3 Å². The van der Waals surface area contributed by atoms with E-state index in [0.717, 1.165) is 5.56 Å². The molecule has 3 N–H and O–H groups in total. The number of anilines is 1. The molecule has 0 aliphatic rings. The molecule has 106 valence electrons. The molecule has 0 fully saturated rings. The molecule has 21 heavy (non-hydrogen) atoms. The quantitative estimate of drug-likeness (QED) is 0.852. The number of carbonyl (C=O) groups excluding carboxylic acids is 1. The summed E-state index contributed by atoms with van der Waals surface area (Å²) in [5.74, 6) is -0.325. The summed E-state index contributed by atoms with van der Waals surface area (Å²) in [5.41, 5.74) is 7.74. The van der Waals surface area contributed by atoms with Crippen molar-refractivity contribution in [3.8, 4) is 6.07 Å². The minimum atomic E-state index is -0.325. The smallest absolute Gasteiger partial charge is 0.254 e. The van der Waals surface area contributed by atoms with Crippen LogP contribution in [0.3, 0.4) is 0 Å². The Labute approximate surface area is 127 Å². The van der Waals surface area contributed by atoms with Crippen LogP contribution in [-0.2, 0) is 0 Å². The summed E-state index contributed by atoms with van der Waals surface area (Å²) < 4.78 is 0. The first kappa shape index (κ1) is 14.8. The van der Waals surface area contributed by atoms with Gasteiger partial charge < -0.3 is 11.1 Å². The van der Waals surface area contributed by atoms with Gasteiger partial charge in [0.1, 0.15) is 5.15 Å². The standard InChI is InChI=1S/C15H13ClN4O/c1-9(11-4-2-10(7-17)3-5-11)20-15(21)12-6-14(16)19-8-13(12)18/h2-6,8-9H,18H2,1H3,(H,20,21). The highest BCUT2D eigenvalue weighted by atomic mass is 35.5. The van der Waals surface area contributed by atoms with Crippen LogP contribution in [0.4, 0.5) is 5.69 Å². The number of benzene rings is 1. The molecule has 0 spiro atoms. The van der Waals surface area contributed by atoms with Crippen LogP contribution in [0.5, 0.6) is 0 Å². The molecule has 0 radical (unpaired) electrons. The number of carbonyl (C=O) groups is 1. The van der Waals surface area contributed by atoms with E-state index in [9.17, 15) is 4.79 Å². The molecular weight excluding hydrogens is 288 g/mol. The van der Waals surface area contributed by atoms with Crippen molar-refractivity contribution in [3.63, 3.8) is 0 Å². The summed E-state index contributed by atoms with van der Waals surface area (Å²) in [4.78, 5) is 16.0. The molecule has 1 amide bonds. The van der Waals surface area contributed by atoms with Crippen molar-refractivity contribution >= 4 is 23.2 Å². The van der Waals surface area contributed by atoms with E-state index in [0.29, 0.717) is 5.56 Å². The third kappa shape index (κ3) is 3.50. The Kier molecular flexibility index (Phi) is 4.41. The Morgan fingerprint density at radius 1 is 1.43 bits per heavy atom. The summed E-state index contributed by atoms with van der Waals surface area (Å²) in [6, 6.07) is 10.3. The van der Waals surface area contributed by atoms with Gasteiger partial charge in [0.15, 0.2) is 0 Å². The SMILES string of the molecule is CC(NC(=O)c1cc(Cl)ncc1N)c1ccc(C#N)cc1. The lowest BCUT2D eigenvalue weighted by Gasteiger charge is -2.15. The van der Waals surface area contributed by atoms with Crippen molar-refractivity contribution in [2.24, 2.45) is 0 Å². The van der Waals surface area contributed by atoms with E-state index in [1.165, 1.54) is 12.3 Å². The van der Waals surface area contributed by atoms with Crippen molar-refractivity contribution < 1.29 is 4.79 Å². The summed E-state index contributed by atoms with van der Waals surface area (Å²) in [7, 11) is 0. The van der Waals surface area contributed by atoms with Crippen molar-refractivity contribution in [1.82, 2.24) is 10.3 Å². The fraction of sp³-hybridized carbons (Fsp3) is 0.133. The maximum absolute atomic E-state index is 12.2. The first-order valence-electron chi connectivity index (χ1n) is 6.23. The lowest BCUT2D eigenvalue weighted by Crippen LogP contribution is -2.27. The van der Waals surface area contributed by atoms with Gasteiger partial charge in [-0.3, -0.25) is 4.79 Å². The molecular formula is C15H13ClN4O. The van der Waals surface area contributed by atoms with Gasteiger partial charge in [-0.05, 0) is 30.7 Å². The molecule has 0 aliphatic carbocycles. The highest BCUT2D eigenvalue weighted by Crippen LogP contribution is 2.18. The molecule has 0 saturated heterocycles. The fourth-order valence-electron chi connectivity index (χ4n) is 1.84. The Balaban J connectivity index is 2.14. The number of hydrogen-bond acceptors (Lipinski definition) is 4. The molecule has 6 heteroatoms. The molecule has 2 rings (SSSR count). The molecule has 2 aromatic rings. The zero-order valence-corrected chi connectivity index (χ0v) is 12.1. The normalized spacial score (nSPS) is 11.5. The minimum absolute atomic E-state index is 0.209. The van der Waals surface area contributed by atoms with Gasteiger partial charge in [0.2, 0.25) is 0 Å². The predicted molar refractivity (Wildman–Crippen MR) is 80.7 cm³/mol. The summed E-state index contributed by atoms with van der Waals surface area (Å²) in [5, 5.41) is 11.8.